The van der Waals surface area contributed by atoms with E-state index >= 15 is 0 Å². The molecular formula is C12H16O4S. The number of rotatable bonds is 4. The molecule has 0 spiro atoms. The molecule has 0 aliphatic rings. The van der Waals surface area contributed by atoms with E-state index in [1.807, 2.05) is 0 Å². The lowest BCUT2D eigenvalue weighted by Crippen LogP contribution is -1.96. The summed E-state index contributed by atoms with van der Waals surface area (Å²) in [5.41, 5.74) is 0. The van der Waals surface area contributed by atoms with E-state index in [9.17, 15) is 8.42 Å². The van der Waals surface area contributed by atoms with Gasteiger partial charge in [-0.15, -0.1) is 12.3 Å². The van der Waals surface area contributed by atoms with Crippen molar-refractivity contribution < 1.29 is 18.1 Å². The van der Waals surface area contributed by atoms with Crippen LogP contribution in [0.2, 0.25) is 0 Å². The van der Waals surface area contributed by atoms with Crippen LogP contribution in [0.1, 0.15) is 19.3 Å². The summed E-state index contributed by atoms with van der Waals surface area (Å²) in [5, 5.41) is 8.22. The molecule has 0 atom stereocenters. The first-order chi connectivity index (χ1) is 8.02. The van der Waals surface area contributed by atoms with Crippen LogP contribution in [-0.2, 0) is 10.1 Å². The van der Waals surface area contributed by atoms with Gasteiger partial charge in [0.25, 0.3) is 10.1 Å². The first kappa shape index (κ1) is 15.7. The van der Waals surface area contributed by atoms with Gasteiger partial charge in [0.1, 0.15) is 0 Å². The molecule has 94 valence electrons. The molecule has 0 aliphatic carbocycles. The van der Waals surface area contributed by atoms with Crippen molar-refractivity contribution >= 4 is 10.1 Å². The van der Waals surface area contributed by atoms with E-state index in [0.717, 1.165) is 19.3 Å². The lowest BCUT2D eigenvalue weighted by atomic mass is 10.2. The Morgan fingerprint density at radius 1 is 1.18 bits per heavy atom. The minimum atomic E-state index is -4.00. The maximum atomic E-state index is 10.4. The van der Waals surface area contributed by atoms with Crippen LogP contribution in [0, 0.1) is 12.3 Å². The molecule has 5 heteroatoms. The highest BCUT2D eigenvalue weighted by Crippen LogP contribution is 2.05. The highest BCUT2D eigenvalue weighted by molar-refractivity contribution is 7.85. The number of terminal acetylenes is 1. The number of benzene rings is 1. The minimum Gasteiger partial charge on any atom is -0.396 e. The Morgan fingerprint density at radius 3 is 2.12 bits per heavy atom. The monoisotopic (exact) mass is 256 g/mol. The summed E-state index contributed by atoms with van der Waals surface area (Å²) in [5.74, 6) is 2.49. The van der Waals surface area contributed by atoms with Crippen molar-refractivity contribution in [3.8, 4) is 12.3 Å². The molecule has 0 heterocycles. The van der Waals surface area contributed by atoms with Gasteiger partial charge < -0.3 is 5.11 Å². The third kappa shape index (κ3) is 8.46. The number of hydrogen-bond acceptors (Lipinski definition) is 3. The molecular weight excluding hydrogens is 240 g/mol. The first-order valence-electron chi connectivity index (χ1n) is 5.09. The quantitative estimate of drug-likeness (QED) is 0.488. The topological polar surface area (TPSA) is 74.6 Å². The summed E-state index contributed by atoms with van der Waals surface area (Å²) in [6, 6.07) is 7.42. The number of aliphatic hydroxyl groups is 1. The molecule has 0 fully saturated rings. The van der Waals surface area contributed by atoms with Gasteiger partial charge in [-0.3, -0.25) is 4.55 Å². The summed E-state index contributed by atoms with van der Waals surface area (Å²) in [7, 11) is -4.00. The van der Waals surface area contributed by atoms with Crippen LogP contribution in [0.25, 0.3) is 0 Å². The van der Waals surface area contributed by atoms with Gasteiger partial charge in [0.15, 0.2) is 0 Å². The Balaban J connectivity index is 0.000000325. The Kier molecular flexibility index (Phi) is 8.07. The lowest BCUT2D eigenvalue weighted by molar-refractivity contribution is 0.285. The third-order valence-electron chi connectivity index (χ3n) is 1.77. The minimum absolute atomic E-state index is 0.0741. The van der Waals surface area contributed by atoms with Gasteiger partial charge in [-0.05, 0) is 25.0 Å². The van der Waals surface area contributed by atoms with Crippen molar-refractivity contribution in [1.29, 1.82) is 0 Å². The molecule has 4 nitrogen and oxygen atoms in total. The van der Waals surface area contributed by atoms with Gasteiger partial charge >= 0.3 is 0 Å². The molecule has 17 heavy (non-hydrogen) atoms. The molecule has 0 saturated heterocycles. The second-order valence-electron chi connectivity index (χ2n) is 3.17. The summed E-state index contributed by atoms with van der Waals surface area (Å²) < 4.78 is 29.2. The first-order valence-corrected chi connectivity index (χ1v) is 6.53. The van der Waals surface area contributed by atoms with E-state index in [1.54, 1.807) is 18.2 Å². The predicted molar refractivity (Wildman–Crippen MR) is 66.0 cm³/mol. The highest BCUT2D eigenvalue weighted by atomic mass is 32.2. The van der Waals surface area contributed by atoms with Gasteiger partial charge in [0.2, 0.25) is 0 Å². The zero-order chi connectivity index (χ0) is 13.1. The Labute approximate surface area is 102 Å². The van der Waals surface area contributed by atoms with E-state index in [0.29, 0.717) is 0 Å². The smallest absolute Gasteiger partial charge is 0.294 e. The molecule has 2 N–H and O–H groups in total. The second-order valence-corrected chi connectivity index (χ2v) is 4.59. The normalized spacial score (nSPS) is 9.94. The molecule has 0 radical (unpaired) electrons. The third-order valence-corrected chi connectivity index (χ3v) is 2.64. The molecule has 0 aliphatic heterocycles. The molecule has 1 aromatic rings. The van der Waals surface area contributed by atoms with Crippen LogP contribution in [0.4, 0.5) is 0 Å². The van der Waals surface area contributed by atoms with E-state index in [2.05, 4.69) is 5.92 Å². The van der Waals surface area contributed by atoms with Crippen LogP contribution >= 0.6 is 0 Å². The number of hydrogen-bond donors (Lipinski definition) is 2. The van der Waals surface area contributed by atoms with Gasteiger partial charge in [-0.1, -0.05) is 18.2 Å². The van der Waals surface area contributed by atoms with Gasteiger partial charge in [-0.2, -0.15) is 8.42 Å². The molecule has 0 bridgehead atoms. The van der Waals surface area contributed by atoms with E-state index in [4.69, 9.17) is 16.1 Å². The van der Waals surface area contributed by atoms with Crippen LogP contribution in [-0.4, -0.2) is 24.7 Å². The van der Waals surface area contributed by atoms with E-state index in [1.165, 1.54) is 12.1 Å². The molecule has 1 aromatic carbocycles. The van der Waals surface area contributed by atoms with Crippen molar-refractivity contribution in [2.24, 2.45) is 0 Å². The zero-order valence-corrected chi connectivity index (χ0v) is 10.2. The van der Waals surface area contributed by atoms with Crippen molar-refractivity contribution in [3.63, 3.8) is 0 Å². The summed E-state index contributed by atoms with van der Waals surface area (Å²) >= 11 is 0. The van der Waals surface area contributed by atoms with Crippen molar-refractivity contribution in [2.45, 2.75) is 24.2 Å². The fourth-order valence-corrected chi connectivity index (χ4v) is 1.43. The average molecular weight is 256 g/mol. The zero-order valence-electron chi connectivity index (χ0n) is 9.41. The Morgan fingerprint density at radius 2 is 1.76 bits per heavy atom. The van der Waals surface area contributed by atoms with Crippen molar-refractivity contribution in [2.75, 3.05) is 6.61 Å². The van der Waals surface area contributed by atoms with Gasteiger partial charge in [-0.25, -0.2) is 0 Å². The molecule has 0 amide bonds. The van der Waals surface area contributed by atoms with Crippen LogP contribution in [0.5, 0.6) is 0 Å². The number of aliphatic hydroxyl groups excluding tert-OH is 1. The van der Waals surface area contributed by atoms with Crippen LogP contribution < -0.4 is 0 Å². The van der Waals surface area contributed by atoms with Crippen LogP contribution in [0.15, 0.2) is 35.2 Å². The van der Waals surface area contributed by atoms with E-state index in [-0.39, 0.29) is 11.5 Å². The van der Waals surface area contributed by atoms with Crippen molar-refractivity contribution in [3.05, 3.63) is 30.3 Å². The second kappa shape index (κ2) is 8.76. The summed E-state index contributed by atoms with van der Waals surface area (Å²) in [4.78, 5) is -0.0741. The molecule has 0 aromatic heterocycles. The maximum absolute atomic E-state index is 10.4. The highest BCUT2D eigenvalue weighted by Gasteiger charge is 2.05. The predicted octanol–water partition coefficient (Wildman–Crippen LogP) is 1.72. The number of unbranched alkanes of at least 4 members (excludes halogenated alkanes) is 2. The SMILES string of the molecule is C#CCCCCO.O=S(=O)(O)c1ccccc1. The fraction of sp³-hybridized carbons (Fsp3) is 0.333. The maximum Gasteiger partial charge on any atom is 0.294 e. The Hall–Kier alpha value is -1.35. The van der Waals surface area contributed by atoms with Gasteiger partial charge in [0, 0.05) is 13.0 Å². The van der Waals surface area contributed by atoms with Gasteiger partial charge in [0.05, 0.1) is 4.90 Å². The molecule has 0 saturated carbocycles. The standard InChI is InChI=1S/C6H6O3S.C6H10O/c7-10(8,9)6-4-2-1-3-5-6;1-2-3-4-5-6-7/h1-5H,(H,7,8,9);1,7H,3-6H2. The summed E-state index contributed by atoms with van der Waals surface area (Å²) in [6.45, 7) is 0.266. The van der Waals surface area contributed by atoms with Crippen LogP contribution in [0.3, 0.4) is 0 Å². The van der Waals surface area contributed by atoms with E-state index < -0.39 is 10.1 Å². The average Bonchev–Trinajstić information content (AvgIpc) is 2.31. The lowest BCUT2D eigenvalue weighted by Gasteiger charge is -1.92. The fourth-order valence-electron chi connectivity index (χ4n) is 0.931. The Bertz CT molecular complexity index is 431. The largest absolute Gasteiger partial charge is 0.396 e. The summed E-state index contributed by atoms with van der Waals surface area (Å²) in [6.07, 6.45) is 7.52. The van der Waals surface area contributed by atoms with Crippen molar-refractivity contribution in [1.82, 2.24) is 0 Å². The molecule has 1 rings (SSSR count). The molecule has 0 unspecified atom stereocenters.